The van der Waals surface area contributed by atoms with Crippen molar-refractivity contribution in [2.45, 2.75) is 11.4 Å². The van der Waals surface area contributed by atoms with Crippen LogP contribution >= 0.6 is 0 Å². The molecule has 0 aliphatic rings. The molecule has 0 atom stereocenters. The van der Waals surface area contributed by atoms with Crippen LogP contribution in [0.2, 0.25) is 0 Å². The van der Waals surface area contributed by atoms with Gasteiger partial charge in [0, 0.05) is 23.9 Å². The average molecular weight is 301 g/mol. The summed E-state index contributed by atoms with van der Waals surface area (Å²) in [6.45, 7) is 0.656. The Hall–Kier alpha value is -2.31. The van der Waals surface area contributed by atoms with Gasteiger partial charge in [-0.3, -0.25) is 0 Å². The number of rotatable bonds is 4. The van der Waals surface area contributed by atoms with Crippen LogP contribution in [0.1, 0.15) is 5.56 Å². The standard InChI is InChI=1S/C15H15N3O2S/c16-21(19,20)14-5-3-13(4-6-14)18-10-11-1-2-12-7-8-17-15(12)9-11/h1-9,17-18H,10H2,(H2,16,19,20). The summed E-state index contributed by atoms with van der Waals surface area (Å²) in [5, 5.41) is 9.49. The minimum Gasteiger partial charge on any atom is -0.381 e. The topological polar surface area (TPSA) is 88.0 Å². The number of fused-ring (bicyclic) bond motifs is 1. The quantitative estimate of drug-likeness (QED) is 0.691. The van der Waals surface area contributed by atoms with Gasteiger partial charge in [-0.05, 0) is 47.3 Å². The second-order valence-electron chi connectivity index (χ2n) is 4.82. The molecule has 2 aromatic carbocycles. The van der Waals surface area contributed by atoms with Gasteiger partial charge >= 0.3 is 0 Å². The second-order valence-corrected chi connectivity index (χ2v) is 6.38. The first-order valence-electron chi connectivity index (χ1n) is 6.45. The van der Waals surface area contributed by atoms with Crippen LogP contribution in [0, 0.1) is 0 Å². The zero-order valence-electron chi connectivity index (χ0n) is 11.2. The number of benzene rings is 2. The lowest BCUT2D eigenvalue weighted by Gasteiger charge is -2.07. The highest BCUT2D eigenvalue weighted by molar-refractivity contribution is 7.89. The van der Waals surface area contributed by atoms with Gasteiger partial charge < -0.3 is 10.3 Å². The lowest BCUT2D eigenvalue weighted by Crippen LogP contribution is -2.12. The number of primary sulfonamides is 1. The molecule has 0 saturated carbocycles. The smallest absolute Gasteiger partial charge is 0.238 e. The zero-order chi connectivity index (χ0) is 14.9. The number of aromatic nitrogens is 1. The van der Waals surface area contributed by atoms with Gasteiger partial charge in [0.1, 0.15) is 0 Å². The monoisotopic (exact) mass is 301 g/mol. The molecule has 0 amide bonds. The molecule has 0 spiro atoms. The first kappa shape index (κ1) is 13.7. The fourth-order valence-electron chi connectivity index (χ4n) is 2.17. The highest BCUT2D eigenvalue weighted by atomic mass is 32.2. The maximum absolute atomic E-state index is 11.2. The van der Waals surface area contributed by atoms with E-state index in [0.29, 0.717) is 6.54 Å². The maximum atomic E-state index is 11.2. The van der Waals surface area contributed by atoms with Gasteiger partial charge in [-0.15, -0.1) is 0 Å². The molecule has 3 rings (SSSR count). The van der Waals surface area contributed by atoms with Crippen LogP contribution in [0.5, 0.6) is 0 Å². The van der Waals surface area contributed by atoms with E-state index in [1.54, 1.807) is 12.1 Å². The number of nitrogens with two attached hydrogens (primary N) is 1. The molecular weight excluding hydrogens is 286 g/mol. The highest BCUT2D eigenvalue weighted by Crippen LogP contribution is 2.17. The Morgan fingerprint density at radius 2 is 1.81 bits per heavy atom. The van der Waals surface area contributed by atoms with E-state index in [0.717, 1.165) is 16.8 Å². The summed E-state index contributed by atoms with van der Waals surface area (Å²) in [4.78, 5) is 3.29. The van der Waals surface area contributed by atoms with E-state index in [1.165, 1.54) is 17.5 Å². The van der Waals surface area contributed by atoms with Crippen LogP contribution < -0.4 is 10.5 Å². The van der Waals surface area contributed by atoms with E-state index >= 15 is 0 Å². The fourth-order valence-corrected chi connectivity index (χ4v) is 2.69. The molecule has 21 heavy (non-hydrogen) atoms. The summed E-state index contributed by atoms with van der Waals surface area (Å²) in [5.74, 6) is 0. The molecule has 6 heteroatoms. The number of hydrogen-bond acceptors (Lipinski definition) is 3. The Morgan fingerprint density at radius 1 is 1.05 bits per heavy atom. The molecule has 1 aromatic heterocycles. The molecule has 0 radical (unpaired) electrons. The number of hydrogen-bond donors (Lipinski definition) is 3. The summed E-state index contributed by atoms with van der Waals surface area (Å²) in [6.07, 6.45) is 1.91. The lowest BCUT2D eigenvalue weighted by atomic mass is 10.1. The number of H-pyrrole nitrogens is 1. The van der Waals surface area contributed by atoms with Crippen LogP contribution in [0.25, 0.3) is 10.9 Å². The largest absolute Gasteiger partial charge is 0.381 e. The van der Waals surface area contributed by atoms with Crippen molar-refractivity contribution in [2.24, 2.45) is 5.14 Å². The summed E-state index contributed by atoms with van der Waals surface area (Å²) in [7, 11) is -3.64. The second kappa shape index (κ2) is 5.23. The third kappa shape index (κ3) is 3.07. The molecular formula is C15H15N3O2S. The van der Waals surface area contributed by atoms with Gasteiger partial charge in [0.15, 0.2) is 0 Å². The molecule has 0 fully saturated rings. The summed E-state index contributed by atoms with van der Waals surface area (Å²) in [5.41, 5.74) is 3.08. The fraction of sp³-hybridized carbons (Fsp3) is 0.0667. The normalized spacial score (nSPS) is 11.7. The van der Waals surface area contributed by atoms with Crippen molar-refractivity contribution in [2.75, 3.05) is 5.32 Å². The Labute approximate surface area is 122 Å². The minimum atomic E-state index is -3.64. The molecule has 0 aliphatic heterocycles. The van der Waals surface area contributed by atoms with Crippen molar-refractivity contribution in [3.05, 3.63) is 60.3 Å². The Balaban J connectivity index is 1.72. The van der Waals surface area contributed by atoms with Crippen LogP contribution in [0.4, 0.5) is 5.69 Å². The third-order valence-electron chi connectivity index (χ3n) is 3.30. The van der Waals surface area contributed by atoms with E-state index in [1.807, 2.05) is 12.3 Å². The van der Waals surface area contributed by atoms with E-state index in [-0.39, 0.29) is 4.90 Å². The average Bonchev–Trinajstić information content (AvgIpc) is 2.92. The van der Waals surface area contributed by atoms with Crippen molar-refractivity contribution in [1.29, 1.82) is 0 Å². The van der Waals surface area contributed by atoms with Crippen LogP contribution in [0.15, 0.2) is 59.6 Å². The summed E-state index contributed by atoms with van der Waals surface area (Å²) in [6, 6.07) is 14.6. The van der Waals surface area contributed by atoms with Crippen molar-refractivity contribution >= 4 is 26.6 Å². The van der Waals surface area contributed by atoms with Gasteiger partial charge in [0.2, 0.25) is 10.0 Å². The van der Waals surface area contributed by atoms with Crippen molar-refractivity contribution in [3.8, 4) is 0 Å². The molecule has 108 valence electrons. The zero-order valence-corrected chi connectivity index (χ0v) is 12.0. The van der Waals surface area contributed by atoms with Gasteiger partial charge in [0.25, 0.3) is 0 Å². The van der Waals surface area contributed by atoms with Gasteiger partial charge in [-0.25, -0.2) is 13.6 Å². The number of nitrogens with one attached hydrogen (secondary N) is 2. The predicted molar refractivity (Wildman–Crippen MR) is 83.4 cm³/mol. The number of sulfonamides is 1. The van der Waals surface area contributed by atoms with E-state index < -0.39 is 10.0 Å². The first-order chi connectivity index (χ1) is 10.0. The van der Waals surface area contributed by atoms with Crippen LogP contribution in [-0.4, -0.2) is 13.4 Å². The summed E-state index contributed by atoms with van der Waals surface area (Å²) >= 11 is 0. The Kier molecular flexibility index (Phi) is 3.40. The molecule has 5 nitrogen and oxygen atoms in total. The Morgan fingerprint density at radius 3 is 2.52 bits per heavy atom. The molecule has 0 unspecified atom stereocenters. The Bertz CT molecular complexity index is 867. The van der Waals surface area contributed by atoms with E-state index in [9.17, 15) is 8.42 Å². The lowest BCUT2D eigenvalue weighted by molar-refractivity contribution is 0.598. The minimum absolute atomic E-state index is 0.112. The molecule has 0 aliphatic carbocycles. The molecule has 0 saturated heterocycles. The van der Waals surface area contributed by atoms with Crippen LogP contribution in [-0.2, 0) is 16.6 Å². The van der Waals surface area contributed by atoms with E-state index in [2.05, 4.69) is 28.5 Å². The van der Waals surface area contributed by atoms with Crippen molar-refractivity contribution < 1.29 is 8.42 Å². The first-order valence-corrected chi connectivity index (χ1v) is 8.00. The molecule has 4 N–H and O–H groups in total. The SMILES string of the molecule is NS(=O)(=O)c1ccc(NCc2ccc3cc[nH]c3c2)cc1. The van der Waals surface area contributed by atoms with E-state index in [4.69, 9.17) is 5.14 Å². The van der Waals surface area contributed by atoms with Crippen molar-refractivity contribution in [1.82, 2.24) is 4.98 Å². The van der Waals surface area contributed by atoms with Gasteiger partial charge in [-0.2, -0.15) is 0 Å². The molecule has 1 heterocycles. The maximum Gasteiger partial charge on any atom is 0.238 e. The summed E-state index contributed by atoms with van der Waals surface area (Å²) < 4.78 is 22.4. The number of aromatic amines is 1. The predicted octanol–water partition coefficient (Wildman–Crippen LogP) is 2.43. The van der Waals surface area contributed by atoms with Crippen molar-refractivity contribution in [3.63, 3.8) is 0 Å². The highest BCUT2D eigenvalue weighted by Gasteiger charge is 2.06. The number of anilines is 1. The van der Waals surface area contributed by atoms with Gasteiger partial charge in [0.05, 0.1) is 4.90 Å². The van der Waals surface area contributed by atoms with Crippen LogP contribution in [0.3, 0.4) is 0 Å². The molecule has 3 aromatic rings. The molecule has 0 bridgehead atoms. The third-order valence-corrected chi connectivity index (χ3v) is 4.23. The van der Waals surface area contributed by atoms with Gasteiger partial charge in [-0.1, -0.05) is 12.1 Å².